The molecular formula is C8H9N5O3S. The molecule has 2 aromatic rings. The fourth-order valence-electron chi connectivity index (χ4n) is 1.19. The molecule has 2 heterocycles. The van der Waals surface area contributed by atoms with E-state index in [0.717, 1.165) is 0 Å². The summed E-state index contributed by atoms with van der Waals surface area (Å²) < 4.78 is 0. The minimum Gasteiger partial charge on any atom is -0.301 e. The van der Waals surface area contributed by atoms with E-state index in [1.165, 1.54) is 23.4 Å². The molecule has 0 aromatic carbocycles. The molecule has 0 radical (unpaired) electrons. The first-order valence-corrected chi connectivity index (χ1v) is 5.68. The molecule has 90 valence electrons. The molecule has 9 heteroatoms. The van der Waals surface area contributed by atoms with E-state index in [2.05, 4.69) is 20.2 Å². The normalized spacial score (nSPS) is 10.6. The summed E-state index contributed by atoms with van der Waals surface area (Å²) in [6, 6.07) is 0. The van der Waals surface area contributed by atoms with Crippen LogP contribution < -0.4 is 11.0 Å². The van der Waals surface area contributed by atoms with Gasteiger partial charge in [-0.3, -0.25) is 19.9 Å². The molecule has 0 aliphatic rings. The number of H-pyrrole nitrogens is 2. The van der Waals surface area contributed by atoms with Crippen molar-refractivity contribution in [3.05, 3.63) is 16.6 Å². The average molecular weight is 255 g/mol. The van der Waals surface area contributed by atoms with Crippen LogP contribution in [-0.4, -0.2) is 37.0 Å². The SMILES string of the molecule is O=C(CCSc1nc2[nH]ncc2c(=O)[nH]1)NO. The molecule has 0 aliphatic carbocycles. The third kappa shape index (κ3) is 2.63. The first-order valence-electron chi connectivity index (χ1n) is 4.70. The zero-order valence-corrected chi connectivity index (χ0v) is 9.37. The Morgan fingerprint density at radius 3 is 3.18 bits per heavy atom. The van der Waals surface area contributed by atoms with Gasteiger partial charge < -0.3 is 4.98 Å². The van der Waals surface area contributed by atoms with Gasteiger partial charge in [0.1, 0.15) is 5.39 Å². The lowest BCUT2D eigenvalue weighted by atomic mass is 10.4. The average Bonchev–Trinajstić information content (AvgIpc) is 2.77. The van der Waals surface area contributed by atoms with Gasteiger partial charge in [0.25, 0.3) is 5.56 Å². The number of rotatable bonds is 4. The smallest absolute Gasteiger partial charge is 0.262 e. The number of hydroxylamine groups is 1. The van der Waals surface area contributed by atoms with Crippen LogP contribution in [0.25, 0.3) is 11.0 Å². The third-order valence-corrected chi connectivity index (χ3v) is 2.87. The Morgan fingerprint density at radius 1 is 1.59 bits per heavy atom. The second kappa shape index (κ2) is 4.97. The Morgan fingerprint density at radius 2 is 2.41 bits per heavy atom. The summed E-state index contributed by atoms with van der Waals surface area (Å²) >= 11 is 1.21. The Labute approximate surface area is 98.8 Å². The molecule has 1 amide bonds. The van der Waals surface area contributed by atoms with E-state index < -0.39 is 5.91 Å². The molecule has 0 atom stereocenters. The van der Waals surface area contributed by atoms with Gasteiger partial charge in [-0.15, -0.1) is 0 Å². The highest BCUT2D eigenvalue weighted by Gasteiger charge is 2.06. The van der Waals surface area contributed by atoms with E-state index in [4.69, 9.17) is 5.21 Å². The topological polar surface area (TPSA) is 124 Å². The zero-order valence-electron chi connectivity index (χ0n) is 8.56. The van der Waals surface area contributed by atoms with Crippen molar-refractivity contribution in [2.75, 3.05) is 5.75 Å². The summed E-state index contributed by atoms with van der Waals surface area (Å²) in [5.74, 6) is -0.0860. The molecule has 0 aliphatic heterocycles. The number of aromatic nitrogens is 4. The van der Waals surface area contributed by atoms with Gasteiger partial charge in [-0.2, -0.15) is 5.10 Å². The zero-order chi connectivity index (χ0) is 12.3. The number of fused-ring (bicyclic) bond motifs is 1. The molecule has 0 unspecified atom stereocenters. The highest BCUT2D eigenvalue weighted by Crippen LogP contribution is 2.13. The van der Waals surface area contributed by atoms with Crippen LogP contribution in [0, 0.1) is 0 Å². The van der Waals surface area contributed by atoms with Crippen molar-refractivity contribution >= 4 is 28.7 Å². The van der Waals surface area contributed by atoms with Gasteiger partial charge in [-0.05, 0) is 0 Å². The van der Waals surface area contributed by atoms with Crippen molar-refractivity contribution in [3.63, 3.8) is 0 Å². The van der Waals surface area contributed by atoms with Crippen LogP contribution in [-0.2, 0) is 4.79 Å². The van der Waals surface area contributed by atoms with Crippen LogP contribution in [0.15, 0.2) is 16.1 Å². The van der Waals surface area contributed by atoms with Crippen LogP contribution in [0.4, 0.5) is 0 Å². The Balaban J connectivity index is 2.09. The van der Waals surface area contributed by atoms with Crippen molar-refractivity contribution in [2.24, 2.45) is 0 Å². The van der Waals surface area contributed by atoms with Gasteiger partial charge in [0, 0.05) is 12.2 Å². The van der Waals surface area contributed by atoms with Crippen LogP contribution in [0.2, 0.25) is 0 Å². The highest BCUT2D eigenvalue weighted by molar-refractivity contribution is 7.99. The van der Waals surface area contributed by atoms with Crippen molar-refractivity contribution in [1.29, 1.82) is 0 Å². The quantitative estimate of drug-likeness (QED) is 0.256. The molecule has 2 rings (SSSR count). The maximum absolute atomic E-state index is 11.5. The largest absolute Gasteiger partial charge is 0.301 e. The van der Waals surface area contributed by atoms with E-state index in [0.29, 0.717) is 21.9 Å². The van der Waals surface area contributed by atoms with Crippen LogP contribution in [0.5, 0.6) is 0 Å². The number of hydrogen-bond acceptors (Lipinski definition) is 6. The Kier molecular flexibility index (Phi) is 3.40. The first kappa shape index (κ1) is 11.6. The number of amides is 1. The summed E-state index contributed by atoms with van der Waals surface area (Å²) in [5.41, 5.74) is 1.65. The molecule has 0 saturated carbocycles. The maximum atomic E-state index is 11.5. The van der Waals surface area contributed by atoms with E-state index in [-0.39, 0.29) is 12.0 Å². The first-order chi connectivity index (χ1) is 8.20. The summed E-state index contributed by atoms with van der Waals surface area (Å²) in [4.78, 5) is 29.0. The van der Waals surface area contributed by atoms with E-state index in [9.17, 15) is 9.59 Å². The predicted octanol–water partition coefficient (Wildman–Crippen LogP) is -0.366. The van der Waals surface area contributed by atoms with Gasteiger partial charge >= 0.3 is 0 Å². The molecule has 2 aromatic heterocycles. The number of aromatic amines is 2. The van der Waals surface area contributed by atoms with Crippen LogP contribution in [0.3, 0.4) is 0 Å². The second-order valence-corrected chi connectivity index (χ2v) is 4.22. The third-order valence-electron chi connectivity index (χ3n) is 1.99. The van der Waals surface area contributed by atoms with Crippen LogP contribution in [0.1, 0.15) is 6.42 Å². The minimum absolute atomic E-state index is 0.131. The number of nitrogens with zero attached hydrogens (tertiary/aromatic N) is 2. The lowest BCUT2D eigenvalue weighted by Gasteiger charge is -1.99. The number of nitrogens with one attached hydrogen (secondary N) is 3. The minimum atomic E-state index is -0.484. The summed E-state index contributed by atoms with van der Waals surface area (Å²) in [5, 5.41) is 15.4. The second-order valence-electron chi connectivity index (χ2n) is 3.14. The summed E-state index contributed by atoms with van der Waals surface area (Å²) in [6.45, 7) is 0. The number of carbonyl (C=O) groups is 1. The van der Waals surface area contributed by atoms with Gasteiger partial charge in [0.05, 0.1) is 6.20 Å². The maximum Gasteiger partial charge on any atom is 0.262 e. The molecular weight excluding hydrogens is 246 g/mol. The Bertz CT molecular complexity index is 592. The Hall–Kier alpha value is -1.87. The van der Waals surface area contributed by atoms with Crippen molar-refractivity contribution in [1.82, 2.24) is 25.6 Å². The number of carbonyl (C=O) groups excluding carboxylic acids is 1. The van der Waals surface area contributed by atoms with Gasteiger partial charge in [-0.1, -0.05) is 11.8 Å². The van der Waals surface area contributed by atoms with Crippen molar-refractivity contribution in [3.8, 4) is 0 Å². The molecule has 0 fully saturated rings. The van der Waals surface area contributed by atoms with Crippen molar-refractivity contribution in [2.45, 2.75) is 11.6 Å². The molecule has 0 bridgehead atoms. The van der Waals surface area contributed by atoms with Gasteiger partial charge in [0.15, 0.2) is 10.8 Å². The standard InChI is InChI=1S/C8H9N5O3S/c14-5(13-16)1-2-17-8-10-6-4(3-9-12-6)7(15)11-8/h3,16H,1-2H2,(H,13,14)(H2,9,10,11,12,15). The van der Waals surface area contributed by atoms with E-state index >= 15 is 0 Å². The fourth-order valence-corrected chi connectivity index (χ4v) is 1.99. The lowest BCUT2D eigenvalue weighted by molar-refractivity contribution is -0.128. The number of hydrogen-bond donors (Lipinski definition) is 4. The molecule has 4 N–H and O–H groups in total. The summed E-state index contributed by atoms with van der Waals surface area (Å²) in [7, 11) is 0. The van der Waals surface area contributed by atoms with E-state index in [1.807, 2.05) is 0 Å². The van der Waals surface area contributed by atoms with Gasteiger partial charge in [0.2, 0.25) is 5.91 Å². The van der Waals surface area contributed by atoms with Gasteiger partial charge in [-0.25, -0.2) is 10.5 Å². The van der Waals surface area contributed by atoms with Crippen LogP contribution >= 0.6 is 11.8 Å². The summed E-state index contributed by atoms with van der Waals surface area (Å²) in [6.07, 6.45) is 1.53. The van der Waals surface area contributed by atoms with E-state index in [1.54, 1.807) is 0 Å². The highest BCUT2D eigenvalue weighted by atomic mass is 32.2. The molecule has 17 heavy (non-hydrogen) atoms. The lowest BCUT2D eigenvalue weighted by Crippen LogP contribution is -2.18. The van der Waals surface area contributed by atoms with Crippen molar-refractivity contribution < 1.29 is 10.0 Å². The fraction of sp³-hybridized carbons (Fsp3) is 0.250. The monoisotopic (exact) mass is 255 g/mol. The predicted molar refractivity (Wildman–Crippen MR) is 59.8 cm³/mol. The molecule has 0 saturated heterocycles. The molecule has 8 nitrogen and oxygen atoms in total. The number of thioether (sulfide) groups is 1. The molecule has 0 spiro atoms.